The highest BCUT2D eigenvalue weighted by Crippen LogP contribution is 1.96. The highest BCUT2D eigenvalue weighted by molar-refractivity contribution is 5.92. The van der Waals surface area contributed by atoms with Crippen molar-refractivity contribution in [3.8, 4) is 6.07 Å². The van der Waals surface area contributed by atoms with Gasteiger partial charge in [-0.2, -0.15) is 5.26 Å². The minimum Gasteiger partial charge on any atom is -0.465 e. The number of piperidine rings is 1. The van der Waals surface area contributed by atoms with Gasteiger partial charge in [0.25, 0.3) is 0 Å². The van der Waals surface area contributed by atoms with Crippen LogP contribution in [0.25, 0.3) is 0 Å². The molecule has 1 heterocycles. The van der Waals surface area contributed by atoms with Crippen molar-refractivity contribution in [3.63, 3.8) is 0 Å². The maximum absolute atomic E-state index is 11.3. The van der Waals surface area contributed by atoms with Crippen molar-refractivity contribution >= 4 is 12.2 Å². The number of aliphatic imine (C=N–C) groups is 1. The van der Waals surface area contributed by atoms with Gasteiger partial charge in [-0.05, 0) is 26.2 Å². The second-order valence-corrected chi connectivity index (χ2v) is 4.83. The molecule has 1 rings (SSSR count). The molecule has 1 saturated heterocycles. The molecule has 5 nitrogen and oxygen atoms in total. The second-order valence-electron chi connectivity index (χ2n) is 4.83. The van der Waals surface area contributed by atoms with E-state index < -0.39 is 11.9 Å². The van der Waals surface area contributed by atoms with E-state index in [2.05, 4.69) is 4.99 Å². The number of esters is 1. The Balaban J connectivity index is 2.17. The highest BCUT2D eigenvalue weighted by Gasteiger charge is 2.16. The minimum atomic E-state index is -0.859. The molecule has 1 fully saturated rings. The third kappa shape index (κ3) is 6.35. The van der Waals surface area contributed by atoms with E-state index in [4.69, 9.17) is 10.00 Å². The molecule has 0 spiro atoms. The molecule has 1 aliphatic rings. The normalized spacial score (nSPS) is 18.1. The van der Waals surface area contributed by atoms with Crippen molar-refractivity contribution in [2.24, 2.45) is 10.9 Å². The zero-order valence-corrected chi connectivity index (χ0v) is 11.7. The molecule has 19 heavy (non-hydrogen) atoms. The van der Waals surface area contributed by atoms with Crippen LogP contribution >= 0.6 is 0 Å². The SMILES string of the molecule is CCOC(=O)[C@H](C#N)C=NCCC[NH+]1CCCCC1. The van der Waals surface area contributed by atoms with E-state index in [9.17, 15) is 4.79 Å². The molecular formula is C14H24N3O2+. The average Bonchev–Trinajstić information content (AvgIpc) is 2.44. The molecule has 106 valence electrons. The Morgan fingerprint density at radius 1 is 1.47 bits per heavy atom. The standard InChI is InChI=1S/C14H23N3O2/c1-2-19-14(18)13(11-15)12-16-7-6-10-17-8-4-3-5-9-17/h12-13H,2-10H2,1H3/p+1/t13-/m1/s1. The van der Waals surface area contributed by atoms with Crippen LogP contribution in [0.15, 0.2) is 4.99 Å². The molecule has 0 aromatic rings. The number of nitriles is 1. The van der Waals surface area contributed by atoms with Crippen molar-refractivity contribution in [1.29, 1.82) is 5.26 Å². The van der Waals surface area contributed by atoms with Crippen LogP contribution < -0.4 is 4.90 Å². The summed E-state index contributed by atoms with van der Waals surface area (Å²) in [6.45, 7) is 6.38. The van der Waals surface area contributed by atoms with Crippen molar-refractivity contribution in [2.45, 2.75) is 32.6 Å². The van der Waals surface area contributed by atoms with Gasteiger partial charge in [0, 0.05) is 19.2 Å². The van der Waals surface area contributed by atoms with Crippen molar-refractivity contribution in [1.82, 2.24) is 0 Å². The fourth-order valence-electron chi connectivity index (χ4n) is 2.28. The van der Waals surface area contributed by atoms with Gasteiger partial charge in [-0.25, -0.2) is 0 Å². The summed E-state index contributed by atoms with van der Waals surface area (Å²) in [5, 5.41) is 8.84. The van der Waals surface area contributed by atoms with Gasteiger partial charge in [0.2, 0.25) is 0 Å². The summed E-state index contributed by atoms with van der Waals surface area (Å²) in [5.41, 5.74) is 0. The van der Waals surface area contributed by atoms with Gasteiger partial charge in [-0.1, -0.05) is 0 Å². The average molecular weight is 266 g/mol. The lowest BCUT2D eigenvalue weighted by molar-refractivity contribution is -0.904. The van der Waals surface area contributed by atoms with Gasteiger partial charge in [0.05, 0.1) is 32.3 Å². The summed E-state index contributed by atoms with van der Waals surface area (Å²) < 4.78 is 4.79. The van der Waals surface area contributed by atoms with Crippen LogP contribution in [0.2, 0.25) is 0 Å². The number of rotatable bonds is 7. The number of hydrogen-bond donors (Lipinski definition) is 1. The van der Waals surface area contributed by atoms with Crippen LogP contribution in [-0.2, 0) is 9.53 Å². The number of nitrogens with zero attached hydrogens (tertiary/aromatic N) is 2. The molecule has 0 saturated carbocycles. The highest BCUT2D eigenvalue weighted by atomic mass is 16.5. The summed E-state index contributed by atoms with van der Waals surface area (Å²) >= 11 is 0. The molecular weight excluding hydrogens is 242 g/mol. The van der Waals surface area contributed by atoms with Gasteiger partial charge >= 0.3 is 5.97 Å². The van der Waals surface area contributed by atoms with Crippen LogP contribution in [-0.4, -0.2) is 45.0 Å². The third-order valence-electron chi connectivity index (χ3n) is 3.31. The van der Waals surface area contributed by atoms with Crippen LogP contribution in [0.1, 0.15) is 32.6 Å². The Bertz CT molecular complexity index is 330. The number of carbonyl (C=O) groups excluding carboxylic acids is 1. The largest absolute Gasteiger partial charge is 0.465 e. The molecule has 0 aromatic heterocycles. The van der Waals surface area contributed by atoms with Crippen LogP contribution in [0.4, 0.5) is 0 Å². The van der Waals surface area contributed by atoms with Gasteiger partial charge in [0.1, 0.15) is 0 Å². The number of ether oxygens (including phenoxy) is 1. The fourth-order valence-corrected chi connectivity index (χ4v) is 2.28. The lowest BCUT2D eigenvalue weighted by atomic mass is 10.1. The molecule has 1 atom stereocenters. The zero-order chi connectivity index (χ0) is 13.9. The van der Waals surface area contributed by atoms with Gasteiger partial charge in [0.15, 0.2) is 5.92 Å². The predicted molar refractivity (Wildman–Crippen MR) is 73.1 cm³/mol. The van der Waals surface area contributed by atoms with E-state index in [-0.39, 0.29) is 0 Å². The Labute approximate surface area is 115 Å². The first-order valence-corrected chi connectivity index (χ1v) is 7.17. The summed E-state index contributed by atoms with van der Waals surface area (Å²) in [6.07, 6.45) is 6.46. The van der Waals surface area contributed by atoms with E-state index in [0.29, 0.717) is 13.2 Å². The fraction of sp³-hybridized carbons (Fsp3) is 0.786. The number of carbonyl (C=O) groups is 1. The number of quaternary nitrogens is 1. The first-order valence-electron chi connectivity index (χ1n) is 7.17. The lowest BCUT2D eigenvalue weighted by Crippen LogP contribution is -3.12. The summed E-state index contributed by atoms with van der Waals surface area (Å²) in [6, 6.07) is 1.90. The maximum atomic E-state index is 11.3. The quantitative estimate of drug-likeness (QED) is 0.407. The van der Waals surface area contributed by atoms with E-state index >= 15 is 0 Å². The van der Waals surface area contributed by atoms with Crippen molar-refractivity contribution in [3.05, 3.63) is 0 Å². The third-order valence-corrected chi connectivity index (χ3v) is 3.31. The summed E-state index contributed by atoms with van der Waals surface area (Å²) in [7, 11) is 0. The smallest absolute Gasteiger partial charge is 0.328 e. The van der Waals surface area contributed by atoms with Crippen LogP contribution in [0.3, 0.4) is 0 Å². The predicted octanol–water partition coefficient (Wildman–Crippen LogP) is 0.219. The second kappa shape index (κ2) is 9.51. The molecule has 5 heteroatoms. The van der Waals surface area contributed by atoms with E-state index in [1.54, 1.807) is 11.8 Å². The Hall–Kier alpha value is -1.41. The minimum absolute atomic E-state index is 0.295. The van der Waals surface area contributed by atoms with E-state index in [1.807, 2.05) is 6.07 Å². The molecule has 0 amide bonds. The van der Waals surface area contributed by atoms with Crippen LogP contribution in [0, 0.1) is 17.2 Å². The van der Waals surface area contributed by atoms with Crippen molar-refractivity contribution < 1.29 is 14.4 Å². The molecule has 1 aliphatic heterocycles. The molecule has 0 radical (unpaired) electrons. The number of nitrogens with one attached hydrogen (secondary N) is 1. The van der Waals surface area contributed by atoms with E-state index in [0.717, 1.165) is 13.0 Å². The molecule has 0 bridgehead atoms. The topological polar surface area (TPSA) is 66.9 Å². The Morgan fingerprint density at radius 3 is 2.84 bits per heavy atom. The molecule has 0 aromatic carbocycles. The first kappa shape index (κ1) is 15.6. The zero-order valence-electron chi connectivity index (χ0n) is 11.7. The first-order chi connectivity index (χ1) is 9.27. The lowest BCUT2D eigenvalue weighted by Gasteiger charge is -2.22. The van der Waals surface area contributed by atoms with E-state index in [1.165, 1.54) is 38.6 Å². The van der Waals surface area contributed by atoms with Crippen molar-refractivity contribution in [2.75, 3.05) is 32.8 Å². The number of likely N-dealkylation sites (tertiary alicyclic amines) is 1. The molecule has 1 N–H and O–H groups in total. The maximum Gasteiger partial charge on any atom is 0.328 e. The summed E-state index contributed by atoms with van der Waals surface area (Å²) in [4.78, 5) is 17.2. The monoisotopic (exact) mass is 266 g/mol. The summed E-state index contributed by atoms with van der Waals surface area (Å²) in [5.74, 6) is -1.36. The van der Waals surface area contributed by atoms with Gasteiger partial charge in [-0.15, -0.1) is 0 Å². The van der Waals surface area contributed by atoms with Gasteiger partial charge < -0.3 is 9.64 Å². The Kier molecular flexibility index (Phi) is 7.83. The molecule has 0 aliphatic carbocycles. The Morgan fingerprint density at radius 2 is 2.21 bits per heavy atom. The number of hydrogen-bond acceptors (Lipinski definition) is 4. The van der Waals surface area contributed by atoms with Gasteiger partial charge in [-0.3, -0.25) is 9.79 Å². The van der Waals surface area contributed by atoms with Crippen LogP contribution in [0.5, 0.6) is 0 Å². The molecule has 0 unspecified atom stereocenters.